The van der Waals surface area contributed by atoms with E-state index in [2.05, 4.69) is 13.8 Å². The minimum atomic E-state index is -5.08. The number of rotatable bonds is 18. The number of alkyl halides is 3. The van der Waals surface area contributed by atoms with Crippen molar-refractivity contribution in [3.05, 3.63) is 151 Å². The number of carbonyl (C=O) groups excluding carboxylic acids is 3. The number of benzene rings is 4. The van der Waals surface area contributed by atoms with E-state index in [1.54, 1.807) is 87.7 Å². The zero-order valence-electron chi connectivity index (χ0n) is 49.1. The van der Waals surface area contributed by atoms with Crippen LogP contribution >= 0.6 is 46.4 Å². The highest BCUT2D eigenvalue weighted by atomic mass is 35.5. The second-order valence-corrected chi connectivity index (χ2v) is 30.7. The van der Waals surface area contributed by atoms with Crippen molar-refractivity contribution in [2.24, 2.45) is 37.2 Å². The third-order valence-corrected chi connectivity index (χ3v) is 21.9. The van der Waals surface area contributed by atoms with Gasteiger partial charge in [0.15, 0.2) is 0 Å². The molecule has 0 saturated carbocycles. The highest BCUT2D eigenvalue weighted by molar-refractivity contribution is 7.94. The summed E-state index contributed by atoms with van der Waals surface area (Å²) in [5, 5.41) is 28.0. The topological polar surface area (TPSA) is 259 Å². The second-order valence-electron chi connectivity index (χ2n) is 23.3. The molecule has 2 fully saturated rings. The minimum absolute atomic E-state index is 0.00798. The van der Waals surface area contributed by atoms with Crippen LogP contribution in [0.4, 0.5) is 18.0 Å². The maximum absolute atomic E-state index is 14.5. The molecule has 4 aromatic carbocycles. The third kappa shape index (κ3) is 18.3. The summed E-state index contributed by atoms with van der Waals surface area (Å²) in [5.74, 6) is -6.80. The van der Waals surface area contributed by atoms with E-state index in [0.29, 0.717) is 20.1 Å². The lowest BCUT2D eigenvalue weighted by atomic mass is 9.66. The van der Waals surface area contributed by atoms with E-state index in [4.69, 9.17) is 68.6 Å². The molecule has 0 radical (unpaired) electrons. The van der Waals surface area contributed by atoms with Crippen molar-refractivity contribution in [2.45, 2.75) is 148 Å². The van der Waals surface area contributed by atoms with E-state index < -0.39 is 95.1 Å². The predicted octanol–water partition coefficient (Wildman–Crippen LogP) is 14.4. The van der Waals surface area contributed by atoms with Gasteiger partial charge in [0.2, 0.25) is 11.8 Å². The molecule has 2 saturated heterocycles. The number of aliphatic carboxylic acids is 3. The molecule has 6 rings (SSSR count). The first-order chi connectivity index (χ1) is 39.7. The monoisotopic (exact) mass is 1310 g/mol. The lowest BCUT2D eigenvalue weighted by Crippen LogP contribution is -2.59. The fourth-order valence-corrected chi connectivity index (χ4v) is 15.5. The molecule has 0 aromatic heterocycles. The normalized spacial score (nSPS) is 22.7. The molecule has 4 aromatic rings. The van der Waals surface area contributed by atoms with Gasteiger partial charge in [0.1, 0.15) is 14.2 Å². The molecule has 26 heteroatoms. The summed E-state index contributed by atoms with van der Waals surface area (Å²) < 4.78 is 67.4. The van der Waals surface area contributed by atoms with E-state index in [1.807, 2.05) is 88.4 Å². The van der Waals surface area contributed by atoms with E-state index in [-0.39, 0.29) is 72.7 Å². The Morgan fingerprint density at radius 2 is 0.965 bits per heavy atom. The standard InChI is InChI=1S/C29H37Cl2N3O5S.C29H35Cl2N3O4S.C2HF3O2/c1-17(2)24(16-40(39,18(3)4)33-28(32)38)34-26(19-9-11-21(30)12-10-19)23(20-7-6-8-22(31)13-20)14-29(5,27(34)37)15-25(35)36;1-18(2)25(17-39(38,19(3)4)33-32-6)34-27(20-10-12-22(30)13-11-20)24(21-8-7-9-23(31)14-21)15-29(5,28(34)37)16-26(35)36;3-2(4,5)1(6)7/h6-13,17-18,23-24,26H,14-16H2,1-5H3,(H2,32,38)(H,35,36);7-14,18-19,24-25,27H,15-17H2,1-5H3,(H,35,36);(H,6,7)/t23-,24-,26-,29-,40?;24-,25-,27-,29-,39?;/m11./s1. The molecule has 0 spiro atoms. The molecule has 470 valence electrons. The lowest BCUT2D eigenvalue weighted by molar-refractivity contribution is -0.192. The highest BCUT2D eigenvalue weighted by Crippen LogP contribution is 2.55. The van der Waals surface area contributed by atoms with E-state index in [0.717, 1.165) is 22.3 Å². The summed E-state index contributed by atoms with van der Waals surface area (Å²) >= 11 is 25.2. The van der Waals surface area contributed by atoms with Crippen LogP contribution < -0.4 is 5.73 Å². The average Bonchev–Trinajstić information content (AvgIpc) is 0.797. The van der Waals surface area contributed by atoms with Gasteiger partial charge in [-0.25, -0.2) is 18.0 Å². The lowest BCUT2D eigenvalue weighted by Gasteiger charge is -2.53. The fraction of sp³-hybridized carbons (Fsp3) is 0.483. The van der Waals surface area contributed by atoms with Gasteiger partial charge in [0.25, 0.3) is 0 Å². The molecule has 10 atom stereocenters. The number of urea groups is 1. The highest BCUT2D eigenvalue weighted by Gasteiger charge is 2.55. The van der Waals surface area contributed by atoms with Gasteiger partial charge in [-0.3, -0.25) is 19.2 Å². The first-order valence-corrected chi connectivity index (χ1v) is 32.3. The summed E-state index contributed by atoms with van der Waals surface area (Å²) in [6.07, 6.45) is -5.30. The third-order valence-electron chi connectivity index (χ3n) is 15.5. The van der Waals surface area contributed by atoms with Gasteiger partial charge in [-0.15, -0.1) is 9.32 Å². The molecule has 2 unspecified atom stereocenters. The molecule has 0 bridgehead atoms. The summed E-state index contributed by atoms with van der Waals surface area (Å²) in [6, 6.07) is 25.7. The Morgan fingerprint density at radius 3 is 1.23 bits per heavy atom. The van der Waals surface area contributed by atoms with Crippen LogP contribution in [0.1, 0.15) is 141 Å². The summed E-state index contributed by atoms with van der Waals surface area (Å²) in [7, 11) is -6.20. The van der Waals surface area contributed by atoms with Crippen LogP contribution in [-0.2, 0) is 43.4 Å². The first kappa shape index (κ1) is 72.5. The van der Waals surface area contributed by atoms with Crippen molar-refractivity contribution in [2.75, 3.05) is 11.5 Å². The molecule has 4 amide bonds. The number of hydrogen-bond donors (Lipinski definition) is 4. The molecular weight excluding hydrogens is 1240 g/mol. The van der Waals surface area contributed by atoms with Crippen molar-refractivity contribution in [1.82, 2.24) is 9.80 Å². The Morgan fingerprint density at radius 1 is 0.628 bits per heavy atom. The van der Waals surface area contributed by atoms with Crippen LogP contribution in [0.2, 0.25) is 20.1 Å². The van der Waals surface area contributed by atoms with Crippen molar-refractivity contribution in [3.63, 3.8) is 0 Å². The molecule has 2 aliphatic rings. The van der Waals surface area contributed by atoms with Gasteiger partial charge in [0.05, 0.1) is 57.0 Å². The quantitative estimate of drug-likeness (QED) is 0.0538. The zero-order chi connectivity index (χ0) is 65.2. The minimum Gasteiger partial charge on any atom is -0.481 e. The van der Waals surface area contributed by atoms with E-state index >= 15 is 0 Å². The number of primary amides is 1. The number of halogens is 7. The van der Waals surface area contributed by atoms with Crippen LogP contribution in [0, 0.1) is 29.2 Å². The smallest absolute Gasteiger partial charge is 0.481 e. The van der Waals surface area contributed by atoms with Gasteiger partial charge < -0.3 is 30.9 Å². The average molecular weight is 1320 g/mol. The van der Waals surface area contributed by atoms with Crippen molar-refractivity contribution < 1.29 is 65.7 Å². The molecule has 2 aliphatic heterocycles. The number of nitrogens with zero attached hydrogens (tertiary/aromatic N) is 5. The summed E-state index contributed by atoms with van der Waals surface area (Å²) in [6.45, 7) is 25.2. The van der Waals surface area contributed by atoms with Gasteiger partial charge in [-0.1, -0.05) is 150 Å². The molecule has 2 heterocycles. The SMILES string of the molecule is CC(C)[C@@H](CS(=O)(=NC(N)=O)C(C)C)N1C(=O)[C@@](C)(CC(=O)O)C[C@H](c2cccc(Cl)c2)[C@H]1c1ccc(Cl)cc1.O=C(O)C(F)(F)F.[C-]#[N+]N=S(=O)(C[C@H](C(C)C)N1C(=O)[C@@](C)(CC(=O)O)C[C@H](c2cccc(Cl)c2)[C@H]1c1ccc(Cl)cc1)C(C)C. The Balaban J connectivity index is 0.000000331. The summed E-state index contributed by atoms with van der Waals surface area (Å²) in [5.41, 5.74) is 6.18. The molecule has 0 aliphatic carbocycles. The Labute approximate surface area is 521 Å². The molecule has 5 N–H and O–H groups in total. The fourth-order valence-electron chi connectivity index (χ4n) is 11.0. The number of hydrogen-bond acceptors (Lipinski definition) is 9. The first-order valence-electron chi connectivity index (χ1n) is 27.3. The number of nitrogens with two attached hydrogens (primary N) is 1. The van der Waals surface area contributed by atoms with Crippen LogP contribution in [0.25, 0.3) is 4.95 Å². The van der Waals surface area contributed by atoms with Crippen molar-refractivity contribution >= 4 is 102 Å². The molecular formula is C60H73Cl4F3N6O11S2. The van der Waals surface area contributed by atoms with E-state index in [9.17, 15) is 55.8 Å². The predicted molar refractivity (Wildman–Crippen MR) is 329 cm³/mol. The Bertz CT molecular complexity index is 3420. The second kappa shape index (κ2) is 29.8. The van der Waals surface area contributed by atoms with Crippen LogP contribution in [0.5, 0.6) is 0 Å². The zero-order valence-corrected chi connectivity index (χ0v) is 53.8. The Hall–Kier alpha value is -5.96. The summed E-state index contributed by atoms with van der Waals surface area (Å²) in [4.78, 5) is 80.3. The number of piperidine rings is 2. The Kier molecular flexibility index (Phi) is 25.1. The van der Waals surface area contributed by atoms with Gasteiger partial charge in [-0.2, -0.15) is 19.7 Å². The number of carbonyl (C=O) groups is 6. The molecule has 17 nitrogen and oxygen atoms in total. The number of amides is 4. The van der Waals surface area contributed by atoms with Crippen molar-refractivity contribution in [1.29, 1.82) is 0 Å². The van der Waals surface area contributed by atoms with Crippen LogP contribution in [-0.4, -0.2) is 110 Å². The van der Waals surface area contributed by atoms with Gasteiger partial charge >= 0.3 is 30.1 Å². The van der Waals surface area contributed by atoms with Gasteiger partial charge in [-0.05, 0) is 109 Å². The largest absolute Gasteiger partial charge is 0.490 e. The van der Waals surface area contributed by atoms with Crippen LogP contribution in [0.3, 0.4) is 0 Å². The maximum Gasteiger partial charge on any atom is 0.490 e. The number of carboxylic acid groups (broad SMARTS) is 3. The van der Waals surface area contributed by atoms with Crippen LogP contribution in [0.15, 0.2) is 106 Å². The van der Waals surface area contributed by atoms with Gasteiger partial charge in [0, 0.05) is 54.5 Å². The van der Waals surface area contributed by atoms with Crippen molar-refractivity contribution in [3.8, 4) is 0 Å². The maximum atomic E-state index is 14.5. The number of likely N-dealkylation sites (tertiary alicyclic amines) is 2. The molecule has 86 heavy (non-hydrogen) atoms. The number of carboxylic acids is 3. The van der Waals surface area contributed by atoms with E-state index in [1.165, 1.54) is 0 Å².